The Morgan fingerprint density at radius 3 is 1.83 bits per heavy atom. The van der Waals surface area contributed by atoms with Crippen molar-refractivity contribution in [3.05, 3.63) is 35.4 Å². The molecule has 1 atom stereocenters. The second kappa shape index (κ2) is 5.15. The maximum absolute atomic E-state index is 12.4. The van der Waals surface area contributed by atoms with Crippen molar-refractivity contribution in [2.75, 3.05) is 0 Å². The molecule has 1 aromatic rings. The zero-order valence-corrected chi connectivity index (χ0v) is 8.94. The normalized spacial score (nSPS) is 14.6. The van der Waals surface area contributed by atoms with E-state index in [2.05, 4.69) is 0 Å². The number of hydrogen-bond acceptors (Lipinski definition) is 2. The summed E-state index contributed by atoms with van der Waals surface area (Å²) in [6.45, 7) is 0. The van der Waals surface area contributed by atoms with Crippen LogP contribution < -0.4 is 11.3 Å². The zero-order chi connectivity index (χ0) is 14.0. The fourth-order valence-corrected chi connectivity index (χ4v) is 1.33. The molecule has 0 aromatic heterocycles. The van der Waals surface area contributed by atoms with E-state index in [1.54, 1.807) is 5.43 Å². The van der Waals surface area contributed by atoms with Gasteiger partial charge in [-0.3, -0.25) is 5.84 Å². The molecule has 0 saturated heterocycles. The Morgan fingerprint density at radius 2 is 1.50 bits per heavy atom. The first-order valence-electron chi connectivity index (χ1n) is 4.83. The number of alkyl halides is 6. The standard InChI is InChI=1S/C10H10F6N2/c11-9(12,13)7-3-1-6(2-4-7)5-8(18-17)10(14,15)16/h1-4,8,18H,5,17H2. The zero-order valence-electron chi connectivity index (χ0n) is 8.94. The second-order valence-corrected chi connectivity index (χ2v) is 3.66. The Bertz CT molecular complexity index is 381. The molecule has 0 fully saturated rings. The fraction of sp³-hybridized carbons (Fsp3) is 0.400. The smallest absolute Gasteiger partial charge is 0.271 e. The van der Waals surface area contributed by atoms with Crippen molar-refractivity contribution < 1.29 is 26.3 Å². The highest BCUT2D eigenvalue weighted by molar-refractivity contribution is 5.25. The molecule has 3 N–H and O–H groups in total. The number of halogens is 6. The van der Waals surface area contributed by atoms with E-state index in [0.717, 1.165) is 24.3 Å². The fourth-order valence-electron chi connectivity index (χ4n) is 1.33. The van der Waals surface area contributed by atoms with Gasteiger partial charge in [0.05, 0.1) is 5.56 Å². The summed E-state index contributed by atoms with van der Waals surface area (Å²) >= 11 is 0. The van der Waals surface area contributed by atoms with Gasteiger partial charge in [0.15, 0.2) is 0 Å². The summed E-state index contributed by atoms with van der Waals surface area (Å²) in [6.07, 6.45) is -9.59. The van der Waals surface area contributed by atoms with Crippen LogP contribution in [0.15, 0.2) is 24.3 Å². The van der Waals surface area contributed by atoms with E-state index in [9.17, 15) is 26.3 Å². The summed E-state index contributed by atoms with van der Waals surface area (Å²) in [4.78, 5) is 0. The van der Waals surface area contributed by atoms with Gasteiger partial charge in [-0.15, -0.1) is 0 Å². The van der Waals surface area contributed by atoms with E-state index in [1.165, 1.54) is 0 Å². The van der Waals surface area contributed by atoms with Gasteiger partial charge in [-0.1, -0.05) is 12.1 Å². The van der Waals surface area contributed by atoms with Crippen molar-refractivity contribution in [1.29, 1.82) is 0 Å². The van der Waals surface area contributed by atoms with Crippen molar-refractivity contribution in [2.24, 2.45) is 5.84 Å². The number of hydrogen-bond donors (Lipinski definition) is 2. The number of hydrazine groups is 1. The summed E-state index contributed by atoms with van der Waals surface area (Å²) in [5.41, 5.74) is 0.795. The molecule has 0 heterocycles. The largest absolute Gasteiger partial charge is 0.416 e. The van der Waals surface area contributed by atoms with E-state index in [1.807, 2.05) is 0 Å². The monoisotopic (exact) mass is 272 g/mol. The molecule has 0 bridgehead atoms. The summed E-state index contributed by atoms with van der Waals surface area (Å²) < 4.78 is 73.7. The molecule has 0 radical (unpaired) electrons. The van der Waals surface area contributed by atoms with Crippen LogP contribution in [-0.2, 0) is 12.6 Å². The minimum absolute atomic E-state index is 0.114. The molecule has 0 amide bonds. The van der Waals surface area contributed by atoms with Gasteiger partial charge < -0.3 is 0 Å². The SMILES string of the molecule is NNC(Cc1ccc(C(F)(F)F)cc1)C(F)(F)F. The van der Waals surface area contributed by atoms with Crippen LogP contribution >= 0.6 is 0 Å². The first kappa shape index (κ1) is 14.8. The van der Waals surface area contributed by atoms with Gasteiger partial charge in [-0.05, 0) is 24.1 Å². The van der Waals surface area contributed by atoms with Gasteiger partial charge in [0, 0.05) is 0 Å². The molecule has 8 heteroatoms. The highest BCUT2D eigenvalue weighted by Crippen LogP contribution is 2.29. The van der Waals surface area contributed by atoms with Crippen LogP contribution in [0.25, 0.3) is 0 Å². The number of rotatable bonds is 3. The molecule has 0 aliphatic rings. The minimum atomic E-state index is -4.56. The van der Waals surface area contributed by atoms with Crippen molar-refractivity contribution in [3.63, 3.8) is 0 Å². The molecule has 0 spiro atoms. The van der Waals surface area contributed by atoms with Gasteiger partial charge >= 0.3 is 12.4 Å². The van der Waals surface area contributed by atoms with Crippen LogP contribution in [0.3, 0.4) is 0 Å². The average Bonchev–Trinajstić information content (AvgIpc) is 2.23. The van der Waals surface area contributed by atoms with E-state index >= 15 is 0 Å². The van der Waals surface area contributed by atoms with Crippen LogP contribution in [0, 0.1) is 0 Å². The maximum atomic E-state index is 12.4. The molecule has 1 aromatic carbocycles. The van der Waals surface area contributed by atoms with Gasteiger partial charge in [-0.2, -0.15) is 26.3 Å². The topological polar surface area (TPSA) is 38.0 Å². The summed E-state index contributed by atoms with van der Waals surface area (Å²) in [7, 11) is 0. The second-order valence-electron chi connectivity index (χ2n) is 3.66. The minimum Gasteiger partial charge on any atom is -0.271 e. The molecular weight excluding hydrogens is 262 g/mol. The van der Waals surface area contributed by atoms with Crippen LogP contribution in [0.2, 0.25) is 0 Å². The maximum Gasteiger partial charge on any atom is 0.416 e. The number of benzene rings is 1. The van der Waals surface area contributed by atoms with Gasteiger partial charge in [0.25, 0.3) is 0 Å². The Balaban J connectivity index is 2.81. The molecule has 0 saturated carbocycles. The van der Waals surface area contributed by atoms with Crippen LogP contribution in [0.4, 0.5) is 26.3 Å². The van der Waals surface area contributed by atoms with Gasteiger partial charge in [0.2, 0.25) is 0 Å². The number of nitrogens with one attached hydrogen (secondary N) is 1. The lowest BCUT2D eigenvalue weighted by molar-refractivity contribution is -0.155. The summed E-state index contributed by atoms with van der Waals surface area (Å²) in [6, 6.07) is 1.48. The van der Waals surface area contributed by atoms with Crippen molar-refractivity contribution >= 4 is 0 Å². The molecule has 2 nitrogen and oxygen atoms in total. The van der Waals surface area contributed by atoms with Crippen LogP contribution in [0.1, 0.15) is 11.1 Å². The quantitative estimate of drug-likeness (QED) is 0.504. The van der Waals surface area contributed by atoms with Crippen molar-refractivity contribution in [3.8, 4) is 0 Å². The Kier molecular flexibility index (Phi) is 4.23. The average molecular weight is 272 g/mol. The molecule has 102 valence electrons. The molecule has 1 unspecified atom stereocenters. The predicted molar refractivity (Wildman–Crippen MR) is 52.3 cm³/mol. The van der Waals surface area contributed by atoms with E-state index < -0.39 is 30.4 Å². The first-order chi connectivity index (χ1) is 8.14. The van der Waals surface area contributed by atoms with Crippen LogP contribution in [-0.4, -0.2) is 12.2 Å². The van der Waals surface area contributed by atoms with E-state index in [0.29, 0.717) is 0 Å². The Hall–Kier alpha value is -1.28. The van der Waals surface area contributed by atoms with Crippen LogP contribution in [0.5, 0.6) is 0 Å². The molecule has 18 heavy (non-hydrogen) atoms. The molecule has 0 aliphatic heterocycles. The van der Waals surface area contributed by atoms with Crippen molar-refractivity contribution in [1.82, 2.24) is 5.43 Å². The third kappa shape index (κ3) is 3.88. The molecule has 1 rings (SSSR count). The lowest BCUT2D eigenvalue weighted by Gasteiger charge is -2.19. The van der Waals surface area contributed by atoms with Gasteiger partial charge in [-0.25, -0.2) is 5.43 Å². The van der Waals surface area contributed by atoms with E-state index in [4.69, 9.17) is 5.84 Å². The highest BCUT2D eigenvalue weighted by atomic mass is 19.4. The Morgan fingerprint density at radius 1 is 1.00 bits per heavy atom. The lowest BCUT2D eigenvalue weighted by Crippen LogP contribution is -2.47. The third-order valence-corrected chi connectivity index (χ3v) is 2.32. The third-order valence-electron chi connectivity index (χ3n) is 2.32. The molecular formula is C10H10F6N2. The molecule has 0 aliphatic carbocycles. The Labute approximate surface area is 98.7 Å². The number of nitrogens with two attached hydrogens (primary N) is 1. The predicted octanol–water partition coefficient (Wildman–Crippen LogP) is 2.64. The highest BCUT2D eigenvalue weighted by Gasteiger charge is 2.39. The summed E-state index contributed by atoms with van der Waals surface area (Å²) in [5.74, 6) is 4.76. The van der Waals surface area contributed by atoms with Crippen molar-refractivity contribution in [2.45, 2.75) is 24.8 Å². The lowest BCUT2D eigenvalue weighted by atomic mass is 10.0. The van der Waals surface area contributed by atoms with Gasteiger partial charge in [0.1, 0.15) is 6.04 Å². The summed E-state index contributed by atoms with van der Waals surface area (Å²) in [5, 5.41) is 0. The first-order valence-corrected chi connectivity index (χ1v) is 4.83. The van der Waals surface area contributed by atoms with E-state index in [-0.39, 0.29) is 5.56 Å².